The SMILES string of the molecule is CC(C)CCCC(C)Nc1ncccc1C(F)(F)F. The maximum absolute atomic E-state index is 12.8. The van der Waals surface area contributed by atoms with Crippen LogP contribution in [0.1, 0.15) is 45.6 Å². The van der Waals surface area contributed by atoms with Crippen LogP contribution in [0, 0.1) is 5.92 Å². The number of rotatable bonds is 6. The van der Waals surface area contributed by atoms with Gasteiger partial charge >= 0.3 is 6.18 Å². The van der Waals surface area contributed by atoms with Crippen molar-refractivity contribution in [2.75, 3.05) is 5.32 Å². The van der Waals surface area contributed by atoms with Gasteiger partial charge in [-0.2, -0.15) is 13.2 Å². The van der Waals surface area contributed by atoms with Crippen molar-refractivity contribution in [2.45, 2.75) is 52.3 Å². The Hall–Kier alpha value is -1.26. The van der Waals surface area contributed by atoms with Crippen molar-refractivity contribution in [2.24, 2.45) is 5.92 Å². The maximum atomic E-state index is 12.8. The summed E-state index contributed by atoms with van der Waals surface area (Å²) >= 11 is 0. The Kier molecular flexibility index (Phi) is 5.63. The molecule has 1 atom stereocenters. The summed E-state index contributed by atoms with van der Waals surface area (Å²) in [5, 5.41) is 2.86. The second kappa shape index (κ2) is 6.78. The molecule has 0 radical (unpaired) electrons. The lowest BCUT2D eigenvalue weighted by Gasteiger charge is -2.18. The molecule has 1 aromatic heterocycles. The van der Waals surface area contributed by atoms with E-state index in [0.717, 1.165) is 25.3 Å². The van der Waals surface area contributed by atoms with Crippen LogP contribution in [-0.2, 0) is 6.18 Å². The summed E-state index contributed by atoms with van der Waals surface area (Å²) in [5.74, 6) is 0.542. The Morgan fingerprint density at radius 3 is 2.47 bits per heavy atom. The Morgan fingerprint density at radius 1 is 1.21 bits per heavy atom. The molecule has 0 saturated heterocycles. The van der Waals surface area contributed by atoms with Gasteiger partial charge in [0.15, 0.2) is 0 Å². The molecule has 1 unspecified atom stereocenters. The lowest BCUT2D eigenvalue weighted by atomic mass is 10.0. The van der Waals surface area contributed by atoms with Crippen LogP contribution < -0.4 is 5.32 Å². The zero-order valence-corrected chi connectivity index (χ0v) is 11.6. The smallest absolute Gasteiger partial charge is 0.367 e. The first-order chi connectivity index (χ1) is 8.80. The number of hydrogen-bond donors (Lipinski definition) is 1. The van der Waals surface area contributed by atoms with Crippen LogP contribution in [0.5, 0.6) is 0 Å². The summed E-state index contributed by atoms with van der Waals surface area (Å²) < 4.78 is 38.3. The minimum absolute atomic E-state index is 0.0188. The van der Waals surface area contributed by atoms with Crippen LogP contribution in [-0.4, -0.2) is 11.0 Å². The first-order valence-electron chi connectivity index (χ1n) is 6.59. The molecule has 0 aliphatic carbocycles. The summed E-state index contributed by atoms with van der Waals surface area (Å²) in [7, 11) is 0. The van der Waals surface area contributed by atoms with Crippen molar-refractivity contribution >= 4 is 5.82 Å². The third kappa shape index (κ3) is 5.49. The van der Waals surface area contributed by atoms with E-state index in [9.17, 15) is 13.2 Å². The molecule has 0 amide bonds. The molecule has 1 rings (SSSR count). The summed E-state index contributed by atoms with van der Waals surface area (Å²) in [6.45, 7) is 6.16. The van der Waals surface area contributed by atoms with Crippen LogP contribution in [0.4, 0.5) is 19.0 Å². The van der Waals surface area contributed by atoms with Gasteiger partial charge in [0.2, 0.25) is 0 Å². The average Bonchev–Trinajstić information content (AvgIpc) is 2.27. The summed E-state index contributed by atoms with van der Waals surface area (Å²) in [4.78, 5) is 3.80. The van der Waals surface area contributed by atoms with E-state index < -0.39 is 11.7 Å². The summed E-state index contributed by atoms with van der Waals surface area (Å²) in [5.41, 5.74) is -0.703. The first-order valence-corrected chi connectivity index (χ1v) is 6.59. The normalized spacial score (nSPS) is 13.6. The predicted octanol–water partition coefficient (Wildman–Crippen LogP) is 4.73. The topological polar surface area (TPSA) is 24.9 Å². The van der Waals surface area contributed by atoms with Crippen molar-refractivity contribution < 1.29 is 13.2 Å². The van der Waals surface area contributed by atoms with Gasteiger partial charge in [-0.25, -0.2) is 4.98 Å². The van der Waals surface area contributed by atoms with E-state index >= 15 is 0 Å². The second-order valence-corrected chi connectivity index (χ2v) is 5.27. The molecule has 0 bridgehead atoms. The monoisotopic (exact) mass is 274 g/mol. The second-order valence-electron chi connectivity index (χ2n) is 5.27. The molecule has 0 spiro atoms. The van der Waals surface area contributed by atoms with Crippen molar-refractivity contribution in [3.8, 4) is 0 Å². The van der Waals surface area contributed by atoms with Crippen LogP contribution >= 0.6 is 0 Å². The lowest BCUT2D eigenvalue weighted by Crippen LogP contribution is -2.20. The largest absolute Gasteiger partial charge is 0.419 e. The highest BCUT2D eigenvalue weighted by atomic mass is 19.4. The first kappa shape index (κ1) is 15.8. The molecule has 1 aromatic rings. The molecule has 19 heavy (non-hydrogen) atoms. The zero-order valence-electron chi connectivity index (χ0n) is 11.6. The molecular formula is C14H21F3N2. The summed E-state index contributed by atoms with van der Waals surface area (Å²) in [6.07, 6.45) is -0.0703. The van der Waals surface area contributed by atoms with E-state index in [1.807, 2.05) is 6.92 Å². The molecule has 0 aromatic carbocycles. The quantitative estimate of drug-likeness (QED) is 0.811. The Labute approximate surface area is 112 Å². The Balaban J connectivity index is 2.62. The number of anilines is 1. The zero-order chi connectivity index (χ0) is 14.5. The van der Waals surface area contributed by atoms with E-state index in [-0.39, 0.29) is 11.9 Å². The molecule has 0 fully saturated rings. The number of nitrogens with zero attached hydrogens (tertiary/aromatic N) is 1. The molecule has 2 nitrogen and oxygen atoms in total. The Morgan fingerprint density at radius 2 is 1.89 bits per heavy atom. The van der Waals surface area contributed by atoms with Gasteiger partial charge in [0, 0.05) is 12.2 Å². The highest BCUT2D eigenvalue weighted by molar-refractivity contribution is 5.46. The third-order valence-electron chi connectivity index (χ3n) is 2.91. The predicted molar refractivity (Wildman–Crippen MR) is 71.0 cm³/mol. The van der Waals surface area contributed by atoms with E-state index in [1.54, 1.807) is 0 Å². The molecule has 108 valence electrons. The van der Waals surface area contributed by atoms with Gasteiger partial charge in [0.1, 0.15) is 5.82 Å². The molecule has 5 heteroatoms. The van der Waals surface area contributed by atoms with Gasteiger partial charge in [-0.3, -0.25) is 0 Å². The molecular weight excluding hydrogens is 253 g/mol. The van der Waals surface area contributed by atoms with Gasteiger partial charge in [-0.1, -0.05) is 26.7 Å². The number of nitrogens with one attached hydrogen (secondary N) is 1. The van der Waals surface area contributed by atoms with E-state index in [2.05, 4.69) is 24.1 Å². The maximum Gasteiger partial charge on any atom is 0.419 e. The third-order valence-corrected chi connectivity index (χ3v) is 2.91. The fraction of sp³-hybridized carbons (Fsp3) is 0.643. The lowest BCUT2D eigenvalue weighted by molar-refractivity contribution is -0.137. The van der Waals surface area contributed by atoms with Gasteiger partial charge in [0.05, 0.1) is 5.56 Å². The Bertz CT molecular complexity index is 389. The van der Waals surface area contributed by atoms with E-state index in [1.165, 1.54) is 12.3 Å². The van der Waals surface area contributed by atoms with Crippen molar-refractivity contribution in [1.82, 2.24) is 4.98 Å². The van der Waals surface area contributed by atoms with Crippen LogP contribution in [0.3, 0.4) is 0 Å². The number of alkyl halides is 3. The van der Waals surface area contributed by atoms with Crippen LogP contribution in [0.25, 0.3) is 0 Å². The average molecular weight is 274 g/mol. The molecule has 0 saturated carbocycles. The number of halogens is 3. The number of hydrogen-bond acceptors (Lipinski definition) is 2. The molecule has 0 aliphatic rings. The van der Waals surface area contributed by atoms with Gasteiger partial charge in [0.25, 0.3) is 0 Å². The number of pyridine rings is 1. The van der Waals surface area contributed by atoms with Crippen LogP contribution in [0.2, 0.25) is 0 Å². The molecule has 1 heterocycles. The standard InChI is InChI=1S/C14H21F3N2/c1-10(2)6-4-7-11(3)19-13-12(14(15,16)17)8-5-9-18-13/h5,8-11H,4,6-7H2,1-3H3,(H,18,19). The highest BCUT2D eigenvalue weighted by Crippen LogP contribution is 2.33. The molecule has 1 N–H and O–H groups in total. The van der Waals surface area contributed by atoms with Crippen molar-refractivity contribution in [3.63, 3.8) is 0 Å². The fourth-order valence-electron chi connectivity index (χ4n) is 1.89. The summed E-state index contributed by atoms with van der Waals surface area (Å²) in [6, 6.07) is 2.34. The molecule has 0 aliphatic heterocycles. The van der Waals surface area contributed by atoms with Crippen molar-refractivity contribution in [3.05, 3.63) is 23.9 Å². The van der Waals surface area contributed by atoms with Gasteiger partial charge < -0.3 is 5.32 Å². The van der Waals surface area contributed by atoms with Crippen molar-refractivity contribution in [1.29, 1.82) is 0 Å². The van der Waals surface area contributed by atoms with Gasteiger partial charge in [-0.05, 0) is 31.4 Å². The van der Waals surface area contributed by atoms with E-state index in [0.29, 0.717) is 5.92 Å². The van der Waals surface area contributed by atoms with Crippen LogP contribution in [0.15, 0.2) is 18.3 Å². The highest BCUT2D eigenvalue weighted by Gasteiger charge is 2.34. The van der Waals surface area contributed by atoms with E-state index in [4.69, 9.17) is 0 Å². The van der Waals surface area contributed by atoms with Gasteiger partial charge in [-0.15, -0.1) is 0 Å². The fourth-order valence-corrected chi connectivity index (χ4v) is 1.89. The minimum atomic E-state index is -4.37. The number of aromatic nitrogens is 1. The minimum Gasteiger partial charge on any atom is -0.367 e.